The zero-order valence-corrected chi connectivity index (χ0v) is 16.9. The second kappa shape index (κ2) is 7.85. The second-order valence-corrected chi connectivity index (χ2v) is 8.67. The van der Waals surface area contributed by atoms with Gasteiger partial charge in [-0.2, -0.15) is 0 Å². The van der Waals surface area contributed by atoms with Crippen LogP contribution in [0.2, 0.25) is 0 Å². The highest BCUT2D eigenvalue weighted by Crippen LogP contribution is 2.28. The molecule has 29 heavy (non-hydrogen) atoms. The molecule has 8 nitrogen and oxygen atoms in total. The second-order valence-electron chi connectivity index (χ2n) is 8.67. The molecule has 3 amide bonds. The van der Waals surface area contributed by atoms with Crippen LogP contribution in [0, 0.1) is 0 Å². The van der Waals surface area contributed by atoms with Gasteiger partial charge in [0.2, 0.25) is 11.8 Å². The predicted octanol–water partition coefficient (Wildman–Crippen LogP) is 0.304. The van der Waals surface area contributed by atoms with Crippen molar-refractivity contribution in [1.29, 1.82) is 0 Å². The Kier molecular flexibility index (Phi) is 5.42. The maximum absolute atomic E-state index is 12.9. The largest absolute Gasteiger partial charge is 0.373 e. The van der Waals surface area contributed by atoms with Gasteiger partial charge >= 0.3 is 0 Å². The van der Waals surface area contributed by atoms with Crippen LogP contribution in [-0.4, -0.2) is 60.0 Å². The van der Waals surface area contributed by atoms with E-state index in [0.29, 0.717) is 31.7 Å². The number of nitrogens with one attached hydrogen (secondary N) is 3. The summed E-state index contributed by atoms with van der Waals surface area (Å²) in [6.45, 7) is 7.48. The molecule has 0 bridgehead atoms. The van der Waals surface area contributed by atoms with Crippen molar-refractivity contribution in [3.05, 3.63) is 34.9 Å². The first kappa shape index (κ1) is 20.0. The first-order valence-electron chi connectivity index (χ1n) is 10.2. The van der Waals surface area contributed by atoms with E-state index in [1.54, 1.807) is 4.90 Å². The van der Waals surface area contributed by atoms with Gasteiger partial charge in [-0.1, -0.05) is 12.1 Å². The van der Waals surface area contributed by atoms with Gasteiger partial charge < -0.3 is 20.3 Å². The molecule has 0 saturated carbocycles. The minimum atomic E-state index is -0.573. The van der Waals surface area contributed by atoms with Gasteiger partial charge in [0.15, 0.2) is 0 Å². The Balaban J connectivity index is 1.33. The average Bonchev–Trinajstić information content (AvgIpc) is 2.99. The zero-order valence-electron chi connectivity index (χ0n) is 16.9. The van der Waals surface area contributed by atoms with E-state index >= 15 is 0 Å². The molecule has 1 aromatic carbocycles. The Bertz CT molecular complexity index is 828. The highest BCUT2D eigenvalue weighted by molar-refractivity contribution is 6.05. The Morgan fingerprint density at radius 3 is 2.83 bits per heavy atom. The number of amides is 3. The number of nitrogens with zero attached hydrogens (tertiary/aromatic N) is 1. The summed E-state index contributed by atoms with van der Waals surface area (Å²) >= 11 is 0. The third-order valence-electron chi connectivity index (χ3n) is 5.80. The van der Waals surface area contributed by atoms with Crippen LogP contribution in [-0.2, 0) is 27.4 Å². The van der Waals surface area contributed by atoms with Crippen LogP contribution in [0.4, 0.5) is 0 Å². The van der Waals surface area contributed by atoms with Gasteiger partial charge in [-0.3, -0.25) is 19.7 Å². The highest BCUT2D eigenvalue weighted by Gasteiger charge is 2.39. The maximum atomic E-state index is 12.9. The van der Waals surface area contributed by atoms with Crippen LogP contribution in [0.3, 0.4) is 0 Å². The highest BCUT2D eigenvalue weighted by atomic mass is 16.5. The SMILES string of the molecule is CC1(C)CNC(CNCc2ccc3c(c2)C(=O)N(C2CCC(=O)NC2=O)C3)CO1. The summed E-state index contributed by atoms with van der Waals surface area (Å²) < 4.78 is 5.83. The first-order chi connectivity index (χ1) is 13.8. The number of ether oxygens (including phenoxy) is 1. The fourth-order valence-corrected chi connectivity index (χ4v) is 4.06. The molecule has 0 aliphatic carbocycles. The summed E-state index contributed by atoms with van der Waals surface area (Å²) in [5.74, 6) is -0.791. The van der Waals surface area contributed by atoms with Gasteiger partial charge in [-0.05, 0) is 37.5 Å². The molecule has 0 spiro atoms. The lowest BCUT2D eigenvalue weighted by atomic mass is 10.0. The lowest BCUT2D eigenvalue weighted by Crippen LogP contribution is -2.54. The van der Waals surface area contributed by atoms with E-state index in [-0.39, 0.29) is 35.8 Å². The van der Waals surface area contributed by atoms with Gasteiger partial charge in [0, 0.05) is 44.2 Å². The lowest BCUT2D eigenvalue weighted by molar-refractivity contribution is -0.136. The smallest absolute Gasteiger partial charge is 0.255 e. The van der Waals surface area contributed by atoms with E-state index in [1.165, 1.54) is 0 Å². The summed E-state index contributed by atoms with van der Waals surface area (Å²) in [6.07, 6.45) is 0.647. The summed E-state index contributed by atoms with van der Waals surface area (Å²) in [7, 11) is 0. The maximum Gasteiger partial charge on any atom is 0.255 e. The monoisotopic (exact) mass is 400 g/mol. The number of imide groups is 1. The first-order valence-corrected chi connectivity index (χ1v) is 10.2. The molecule has 2 fully saturated rings. The molecule has 3 heterocycles. The molecule has 3 aliphatic rings. The number of piperidine rings is 1. The topological polar surface area (TPSA) is 99.8 Å². The molecule has 0 radical (unpaired) electrons. The van der Waals surface area contributed by atoms with Crippen LogP contribution in [0.25, 0.3) is 0 Å². The van der Waals surface area contributed by atoms with Crippen molar-refractivity contribution in [3.8, 4) is 0 Å². The van der Waals surface area contributed by atoms with E-state index < -0.39 is 6.04 Å². The summed E-state index contributed by atoms with van der Waals surface area (Å²) in [5.41, 5.74) is 2.48. The Morgan fingerprint density at radius 2 is 2.10 bits per heavy atom. The fourth-order valence-electron chi connectivity index (χ4n) is 4.06. The van der Waals surface area contributed by atoms with Crippen LogP contribution in [0.1, 0.15) is 48.2 Å². The van der Waals surface area contributed by atoms with Crippen LogP contribution in [0.15, 0.2) is 18.2 Å². The van der Waals surface area contributed by atoms with Crippen molar-refractivity contribution in [2.45, 2.75) is 57.5 Å². The van der Waals surface area contributed by atoms with E-state index in [4.69, 9.17) is 4.74 Å². The van der Waals surface area contributed by atoms with Gasteiger partial charge in [0.25, 0.3) is 5.91 Å². The Morgan fingerprint density at radius 1 is 1.28 bits per heavy atom. The normalized spacial score (nSPS) is 26.4. The van der Waals surface area contributed by atoms with Crippen molar-refractivity contribution in [2.75, 3.05) is 19.7 Å². The Labute approximate surface area is 170 Å². The molecule has 4 rings (SSSR count). The number of rotatable bonds is 5. The van der Waals surface area contributed by atoms with E-state index in [0.717, 1.165) is 24.2 Å². The molecular weight excluding hydrogens is 372 g/mol. The Hall–Kier alpha value is -2.29. The third-order valence-corrected chi connectivity index (χ3v) is 5.80. The van der Waals surface area contributed by atoms with E-state index in [9.17, 15) is 14.4 Å². The lowest BCUT2D eigenvalue weighted by Gasteiger charge is -2.35. The molecule has 1 aromatic rings. The quantitative estimate of drug-likeness (QED) is 0.615. The number of fused-ring (bicyclic) bond motifs is 1. The minimum absolute atomic E-state index is 0.120. The number of carbonyl (C=O) groups is 3. The third kappa shape index (κ3) is 4.34. The molecular formula is C21H28N4O4. The van der Waals surface area contributed by atoms with Crippen molar-refractivity contribution < 1.29 is 19.1 Å². The van der Waals surface area contributed by atoms with Crippen LogP contribution < -0.4 is 16.0 Å². The molecule has 2 saturated heterocycles. The molecule has 2 atom stereocenters. The molecule has 2 unspecified atom stereocenters. The van der Waals surface area contributed by atoms with Gasteiger partial charge in [0.05, 0.1) is 12.2 Å². The van der Waals surface area contributed by atoms with Gasteiger partial charge in [-0.25, -0.2) is 0 Å². The number of benzene rings is 1. The molecule has 0 aromatic heterocycles. The molecule has 8 heteroatoms. The van der Waals surface area contributed by atoms with Crippen molar-refractivity contribution in [1.82, 2.24) is 20.9 Å². The molecule has 156 valence electrons. The zero-order chi connectivity index (χ0) is 20.6. The van der Waals surface area contributed by atoms with Crippen molar-refractivity contribution in [3.63, 3.8) is 0 Å². The molecule has 3 aliphatic heterocycles. The number of hydrogen-bond donors (Lipinski definition) is 3. The number of morpholine rings is 1. The summed E-state index contributed by atoms with van der Waals surface area (Å²) in [5, 5.41) is 9.24. The molecule has 3 N–H and O–H groups in total. The number of carbonyl (C=O) groups excluding carboxylic acids is 3. The number of hydrogen-bond acceptors (Lipinski definition) is 6. The average molecular weight is 400 g/mol. The fraction of sp³-hybridized carbons (Fsp3) is 0.571. The van der Waals surface area contributed by atoms with Crippen LogP contribution >= 0.6 is 0 Å². The van der Waals surface area contributed by atoms with Crippen molar-refractivity contribution >= 4 is 17.7 Å². The summed E-state index contributed by atoms with van der Waals surface area (Å²) in [4.78, 5) is 38.0. The standard InChI is InChI=1S/C21H28N4O4/c1-21(2)12-23-15(11-29-21)9-22-8-13-3-4-14-10-25(20(28)16(14)7-13)17-5-6-18(26)24-19(17)27/h3-4,7,15,17,22-23H,5-6,8-12H2,1-2H3,(H,24,26,27). The van der Waals surface area contributed by atoms with Crippen molar-refractivity contribution in [2.24, 2.45) is 0 Å². The summed E-state index contributed by atoms with van der Waals surface area (Å²) in [6, 6.07) is 5.57. The van der Waals surface area contributed by atoms with Gasteiger partial charge in [-0.15, -0.1) is 0 Å². The van der Waals surface area contributed by atoms with Gasteiger partial charge in [0.1, 0.15) is 6.04 Å². The van der Waals surface area contributed by atoms with E-state index in [2.05, 4.69) is 29.8 Å². The predicted molar refractivity (Wildman–Crippen MR) is 106 cm³/mol. The van der Waals surface area contributed by atoms with Crippen LogP contribution in [0.5, 0.6) is 0 Å². The minimum Gasteiger partial charge on any atom is -0.373 e. The van der Waals surface area contributed by atoms with E-state index in [1.807, 2.05) is 18.2 Å².